The van der Waals surface area contributed by atoms with Crippen molar-refractivity contribution >= 4 is 17.9 Å². The quantitative estimate of drug-likeness (QED) is 0.0263. The second-order valence-corrected chi connectivity index (χ2v) is 16.7. The largest absolute Gasteiger partial charge is 0.462 e. The maximum Gasteiger partial charge on any atom is 0.306 e. The molecule has 0 aromatic carbocycles. The molecule has 0 N–H and O–H groups in total. The Balaban J connectivity index is 4.37. The molecule has 0 heterocycles. The van der Waals surface area contributed by atoms with Gasteiger partial charge >= 0.3 is 17.9 Å². The van der Waals surface area contributed by atoms with Crippen molar-refractivity contribution in [3.8, 4) is 0 Å². The highest BCUT2D eigenvalue weighted by atomic mass is 16.6. The average Bonchev–Trinajstić information content (AvgIpc) is 3.26. The Morgan fingerprint density at radius 3 is 1.08 bits per heavy atom. The Hall–Kier alpha value is -3.15. The molecule has 0 fully saturated rings. The Morgan fingerprint density at radius 2 is 0.656 bits per heavy atom. The zero-order chi connectivity index (χ0) is 44.4. The minimum Gasteiger partial charge on any atom is -0.462 e. The first kappa shape index (κ1) is 57.9. The summed E-state index contributed by atoms with van der Waals surface area (Å²) in [6.07, 6.45) is 61.7. The number of hydrogen-bond acceptors (Lipinski definition) is 6. The summed E-state index contributed by atoms with van der Waals surface area (Å²) in [5, 5.41) is 0. The normalized spacial score (nSPS) is 12.6. The summed E-state index contributed by atoms with van der Waals surface area (Å²) in [4.78, 5) is 37.9. The predicted molar refractivity (Wildman–Crippen MR) is 261 cm³/mol. The van der Waals surface area contributed by atoms with Crippen molar-refractivity contribution in [3.63, 3.8) is 0 Å². The summed E-state index contributed by atoms with van der Waals surface area (Å²) in [5.41, 5.74) is 0. The minimum atomic E-state index is -0.794. The molecule has 0 aliphatic heterocycles. The fourth-order valence-electron chi connectivity index (χ4n) is 6.82. The fourth-order valence-corrected chi connectivity index (χ4v) is 6.82. The number of ether oxygens (including phenoxy) is 3. The van der Waals surface area contributed by atoms with E-state index in [2.05, 4.69) is 93.7 Å². The van der Waals surface area contributed by atoms with E-state index in [1.165, 1.54) is 103 Å². The molecular formula is C55H94O6. The topological polar surface area (TPSA) is 78.9 Å². The van der Waals surface area contributed by atoms with Crippen LogP contribution in [0.3, 0.4) is 0 Å². The molecule has 0 aromatic rings. The molecule has 0 bridgehead atoms. The van der Waals surface area contributed by atoms with Gasteiger partial charge in [0.2, 0.25) is 0 Å². The average molecular weight is 851 g/mol. The molecule has 0 aromatic heterocycles. The Labute approximate surface area is 376 Å². The highest BCUT2D eigenvalue weighted by Gasteiger charge is 2.19. The molecular weight excluding hydrogens is 757 g/mol. The van der Waals surface area contributed by atoms with Crippen LogP contribution in [-0.4, -0.2) is 37.2 Å². The fraction of sp³-hybridized carbons (Fsp3) is 0.727. The van der Waals surface area contributed by atoms with E-state index >= 15 is 0 Å². The van der Waals surface area contributed by atoms with Gasteiger partial charge in [0.25, 0.3) is 0 Å². The molecule has 0 saturated heterocycles. The molecule has 61 heavy (non-hydrogen) atoms. The van der Waals surface area contributed by atoms with Crippen molar-refractivity contribution in [2.24, 2.45) is 0 Å². The van der Waals surface area contributed by atoms with E-state index in [1.807, 2.05) is 0 Å². The lowest BCUT2D eigenvalue weighted by Gasteiger charge is -2.18. The standard InChI is InChI=1S/C55H94O6/c1-4-7-10-13-16-19-22-24-25-26-27-28-29-31-33-36-39-42-45-48-54(57)60-51-52(50-59-53(56)47-44-41-38-35-32-21-18-15-12-9-6-3)61-55(58)49-46-43-40-37-34-30-23-20-17-14-11-8-5-2/h8,11,15-20,24-25,30,34,52H,4-7,9-10,12-14,21-23,26-29,31-33,35-51H2,1-3H3/b11-8-,18-15-,19-16-,20-17-,25-24-,34-30-. The third-order valence-corrected chi connectivity index (χ3v) is 10.7. The molecule has 0 rings (SSSR count). The van der Waals surface area contributed by atoms with Gasteiger partial charge in [-0.3, -0.25) is 14.4 Å². The lowest BCUT2D eigenvalue weighted by Crippen LogP contribution is -2.30. The van der Waals surface area contributed by atoms with E-state index in [0.29, 0.717) is 19.3 Å². The van der Waals surface area contributed by atoms with E-state index in [9.17, 15) is 14.4 Å². The number of carbonyl (C=O) groups is 3. The van der Waals surface area contributed by atoms with E-state index in [0.717, 1.165) is 96.3 Å². The molecule has 1 atom stereocenters. The molecule has 0 amide bonds. The number of allylic oxidation sites excluding steroid dienone is 12. The van der Waals surface area contributed by atoms with Gasteiger partial charge in [-0.25, -0.2) is 0 Å². The Morgan fingerprint density at radius 1 is 0.344 bits per heavy atom. The summed E-state index contributed by atoms with van der Waals surface area (Å²) in [6, 6.07) is 0. The maximum absolute atomic E-state index is 12.8. The number of hydrogen-bond donors (Lipinski definition) is 0. The SMILES string of the molecule is CC/C=C\C/C=C\C/C=C\CCCCCC(=O)OC(COC(=O)CCCCCCC/C=C\CCCC)COC(=O)CCCCCCCCCCC/C=C\C/C=C\CCCCC. The van der Waals surface area contributed by atoms with E-state index in [4.69, 9.17) is 14.2 Å². The van der Waals surface area contributed by atoms with Gasteiger partial charge in [0.15, 0.2) is 6.10 Å². The molecule has 0 aliphatic rings. The summed E-state index contributed by atoms with van der Waals surface area (Å²) in [7, 11) is 0. The van der Waals surface area contributed by atoms with Crippen LogP contribution in [0.5, 0.6) is 0 Å². The number of esters is 3. The van der Waals surface area contributed by atoms with Crippen LogP contribution in [0.25, 0.3) is 0 Å². The van der Waals surface area contributed by atoms with Crippen LogP contribution in [0.2, 0.25) is 0 Å². The summed E-state index contributed by atoms with van der Waals surface area (Å²) in [5.74, 6) is -0.937. The highest BCUT2D eigenvalue weighted by molar-refractivity contribution is 5.71. The lowest BCUT2D eigenvalue weighted by molar-refractivity contribution is -0.167. The lowest BCUT2D eigenvalue weighted by atomic mass is 10.1. The van der Waals surface area contributed by atoms with Gasteiger partial charge in [-0.2, -0.15) is 0 Å². The van der Waals surface area contributed by atoms with Crippen molar-refractivity contribution in [1.29, 1.82) is 0 Å². The van der Waals surface area contributed by atoms with Gasteiger partial charge in [-0.05, 0) is 103 Å². The molecule has 0 radical (unpaired) electrons. The Bertz CT molecular complexity index is 1160. The summed E-state index contributed by atoms with van der Waals surface area (Å²) < 4.78 is 16.7. The first-order valence-electron chi connectivity index (χ1n) is 25.4. The van der Waals surface area contributed by atoms with Gasteiger partial charge < -0.3 is 14.2 Å². The zero-order valence-corrected chi connectivity index (χ0v) is 39.9. The first-order chi connectivity index (χ1) is 30.0. The number of unbranched alkanes of at least 4 members (excludes halogenated alkanes) is 22. The summed E-state index contributed by atoms with van der Waals surface area (Å²) >= 11 is 0. The highest BCUT2D eigenvalue weighted by Crippen LogP contribution is 2.14. The van der Waals surface area contributed by atoms with Crippen LogP contribution in [0.1, 0.15) is 239 Å². The van der Waals surface area contributed by atoms with Gasteiger partial charge in [0, 0.05) is 19.3 Å². The van der Waals surface area contributed by atoms with Crippen LogP contribution in [0.4, 0.5) is 0 Å². The maximum atomic E-state index is 12.8. The number of carbonyl (C=O) groups excluding carboxylic acids is 3. The van der Waals surface area contributed by atoms with Gasteiger partial charge in [0.05, 0.1) is 0 Å². The monoisotopic (exact) mass is 851 g/mol. The molecule has 0 spiro atoms. The molecule has 6 heteroatoms. The third-order valence-electron chi connectivity index (χ3n) is 10.7. The third kappa shape index (κ3) is 47.7. The molecule has 6 nitrogen and oxygen atoms in total. The molecule has 350 valence electrons. The van der Waals surface area contributed by atoms with Crippen LogP contribution < -0.4 is 0 Å². The second-order valence-electron chi connectivity index (χ2n) is 16.7. The number of rotatable bonds is 45. The smallest absolute Gasteiger partial charge is 0.306 e. The molecule has 1 unspecified atom stereocenters. The zero-order valence-electron chi connectivity index (χ0n) is 39.9. The van der Waals surface area contributed by atoms with Crippen LogP contribution in [-0.2, 0) is 28.6 Å². The molecule has 0 saturated carbocycles. The Kier molecular flexibility index (Phi) is 46.9. The van der Waals surface area contributed by atoms with Crippen molar-refractivity contribution < 1.29 is 28.6 Å². The van der Waals surface area contributed by atoms with Gasteiger partial charge in [-0.1, -0.05) is 190 Å². The van der Waals surface area contributed by atoms with Gasteiger partial charge in [-0.15, -0.1) is 0 Å². The van der Waals surface area contributed by atoms with Crippen LogP contribution in [0.15, 0.2) is 72.9 Å². The first-order valence-corrected chi connectivity index (χ1v) is 25.4. The van der Waals surface area contributed by atoms with Crippen molar-refractivity contribution in [3.05, 3.63) is 72.9 Å². The van der Waals surface area contributed by atoms with E-state index < -0.39 is 6.10 Å². The predicted octanol–water partition coefficient (Wildman–Crippen LogP) is 16.6. The van der Waals surface area contributed by atoms with Crippen LogP contribution >= 0.6 is 0 Å². The van der Waals surface area contributed by atoms with E-state index in [-0.39, 0.29) is 31.1 Å². The van der Waals surface area contributed by atoms with Crippen molar-refractivity contribution in [2.75, 3.05) is 13.2 Å². The van der Waals surface area contributed by atoms with Crippen molar-refractivity contribution in [2.45, 2.75) is 245 Å². The summed E-state index contributed by atoms with van der Waals surface area (Å²) in [6.45, 7) is 6.42. The van der Waals surface area contributed by atoms with E-state index in [1.54, 1.807) is 0 Å². The van der Waals surface area contributed by atoms with Crippen molar-refractivity contribution in [1.82, 2.24) is 0 Å². The van der Waals surface area contributed by atoms with Crippen LogP contribution in [0, 0.1) is 0 Å². The second kappa shape index (κ2) is 49.5. The van der Waals surface area contributed by atoms with Gasteiger partial charge in [0.1, 0.15) is 13.2 Å². The molecule has 0 aliphatic carbocycles. The minimum absolute atomic E-state index is 0.0924.